The highest BCUT2D eigenvalue weighted by atomic mass is 16.2. The summed E-state index contributed by atoms with van der Waals surface area (Å²) in [6, 6.07) is 10.1. The molecule has 1 amide bonds. The summed E-state index contributed by atoms with van der Waals surface area (Å²) in [5, 5.41) is 3.24. The highest BCUT2D eigenvalue weighted by Gasteiger charge is 2.20. The lowest BCUT2D eigenvalue weighted by Crippen LogP contribution is -2.48. The van der Waals surface area contributed by atoms with E-state index in [1.807, 2.05) is 30.0 Å². The van der Waals surface area contributed by atoms with Crippen LogP contribution in [0.3, 0.4) is 0 Å². The lowest BCUT2D eigenvalue weighted by molar-refractivity contribution is -0.130. The summed E-state index contributed by atoms with van der Waals surface area (Å²) in [5.74, 6) is 1.72. The third-order valence-electron chi connectivity index (χ3n) is 4.64. The summed E-state index contributed by atoms with van der Waals surface area (Å²) < 4.78 is 0. The molecule has 0 spiro atoms. The molecule has 0 aliphatic carbocycles. The van der Waals surface area contributed by atoms with Gasteiger partial charge in [-0.2, -0.15) is 0 Å². The second kappa shape index (κ2) is 9.30. The molecule has 5 nitrogen and oxygen atoms in total. The topological polar surface area (TPSA) is 47.9 Å². The highest BCUT2D eigenvalue weighted by molar-refractivity contribution is 5.86. The van der Waals surface area contributed by atoms with Crippen LogP contribution in [0, 0.1) is 5.92 Å². The molecular formula is C19H30N4O. The van der Waals surface area contributed by atoms with Crippen LogP contribution < -0.4 is 5.32 Å². The third-order valence-corrected chi connectivity index (χ3v) is 4.64. The van der Waals surface area contributed by atoms with Crippen molar-refractivity contribution >= 4 is 11.9 Å². The van der Waals surface area contributed by atoms with Crippen LogP contribution in [-0.4, -0.2) is 54.9 Å². The summed E-state index contributed by atoms with van der Waals surface area (Å²) in [6.45, 7) is 7.97. The van der Waals surface area contributed by atoms with Crippen molar-refractivity contribution in [2.45, 2.75) is 33.2 Å². The van der Waals surface area contributed by atoms with Gasteiger partial charge in [0.05, 0.1) is 6.54 Å². The summed E-state index contributed by atoms with van der Waals surface area (Å²) in [4.78, 5) is 21.0. The number of benzene rings is 1. The van der Waals surface area contributed by atoms with Crippen LogP contribution in [0.4, 0.5) is 0 Å². The molecule has 0 radical (unpaired) electrons. The fourth-order valence-electron chi connectivity index (χ4n) is 3.00. The SMILES string of the molecule is CCN(Cc1ccccc1)C(=O)CNC(=NC)N1CCC(C)CC1. The lowest BCUT2D eigenvalue weighted by atomic mass is 10.00. The number of hydrogen-bond acceptors (Lipinski definition) is 2. The van der Waals surface area contributed by atoms with Crippen molar-refractivity contribution in [3.05, 3.63) is 35.9 Å². The van der Waals surface area contributed by atoms with Crippen molar-refractivity contribution in [3.63, 3.8) is 0 Å². The maximum absolute atomic E-state index is 12.5. The zero-order chi connectivity index (χ0) is 17.4. The summed E-state index contributed by atoms with van der Waals surface area (Å²) in [5.41, 5.74) is 1.15. The molecule has 1 fully saturated rings. The number of aliphatic imine (C=N–C) groups is 1. The fraction of sp³-hybridized carbons (Fsp3) is 0.579. The smallest absolute Gasteiger partial charge is 0.242 e. The summed E-state index contributed by atoms with van der Waals surface area (Å²) >= 11 is 0. The maximum Gasteiger partial charge on any atom is 0.242 e. The van der Waals surface area contributed by atoms with Crippen LogP contribution in [0.1, 0.15) is 32.3 Å². The zero-order valence-electron chi connectivity index (χ0n) is 15.2. The second-order valence-electron chi connectivity index (χ2n) is 6.46. The molecule has 1 aliphatic heterocycles. The molecule has 0 unspecified atom stereocenters. The number of nitrogens with zero attached hydrogens (tertiary/aromatic N) is 3. The second-order valence-corrected chi connectivity index (χ2v) is 6.46. The Bertz CT molecular complexity index is 536. The molecule has 1 aromatic rings. The minimum atomic E-state index is 0.105. The van der Waals surface area contributed by atoms with Gasteiger partial charge >= 0.3 is 0 Å². The van der Waals surface area contributed by atoms with Crippen LogP contribution in [-0.2, 0) is 11.3 Å². The van der Waals surface area contributed by atoms with Gasteiger partial charge < -0.3 is 15.1 Å². The average molecular weight is 330 g/mol. The number of guanidine groups is 1. The molecule has 0 saturated carbocycles. The number of carbonyl (C=O) groups is 1. The molecule has 1 saturated heterocycles. The van der Waals surface area contributed by atoms with Gasteiger partial charge in [0.1, 0.15) is 0 Å². The first-order chi connectivity index (χ1) is 11.6. The number of hydrogen-bond donors (Lipinski definition) is 1. The molecule has 5 heteroatoms. The number of amides is 1. The Labute approximate surface area is 145 Å². The van der Waals surface area contributed by atoms with E-state index in [9.17, 15) is 4.79 Å². The van der Waals surface area contributed by atoms with E-state index in [2.05, 4.69) is 34.3 Å². The van der Waals surface area contributed by atoms with Crippen molar-refractivity contribution in [1.29, 1.82) is 0 Å². The van der Waals surface area contributed by atoms with Crippen molar-refractivity contribution < 1.29 is 4.79 Å². The van der Waals surface area contributed by atoms with E-state index in [0.29, 0.717) is 19.6 Å². The standard InChI is InChI=1S/C19H30N4O/c1-4-22(15-17-8-6-5-7-9-17)18(24)14-21-19(20-3)23-12-10-16(2)11-13-23/h5-9,16H,4,10-15H2,1-3H3,(H,20,21). The molecule has 0 bridgehead atoms. The number of carbonyl (C=O) groups excluding carboxylic acids is 1. The molecule has 1 N–H and O–H groups in total. The average Bonchev–Trinajstić information content (AvgIpc) is 2.62. The largest absolute Gasteiger partial charge is 0.347 e. The van der Waals surface area contributed by atoms with Crippen molar-refractivity contribution in [3.8, 4) is 0 Å². The minimum absolute atomic E-state index is 0.105. The molecule has 1 aliphatic rings. The number of likely N-dealkylation sites (tertiary alicyclic amines) is 1. The van der Waals surface area contributed by atoms with Gasteiger partial charge in [-0.1, -0.05) is 37.3 Å². The molecule has 24 heavy (non-hydrogen) atoms. The van der Waals surface area contributed by atoms with E-state index < -0.39 is 0 Å². The van der Waals surface area contributed by atoms with E-state index in [1.165, 1.54) is 12.8 Å². The Hall–Kier alpha value is -2.04. The van der Waals surface area contributed by atoms with Gasteiger partial charge in [-0.3, -0.25) is 9.79 Å². The molecule has 1 heterocycles. The monoisotopic (exact) mass is 330 g/mol. The number of rotatable bonds is 5. The molecule has 0 aromatic heterocycles. The first kappa shape index (κ1) is 18.3. The number of likely N-dealkylation sites (N-methyl/N-ethyl adjacent to an activating group) is 1. The molecule has 1 aromatic carbocycles. The van der Waals surface area contributed by atoms with E-state index in [1.54, 1.807) is 7.05 Å². The van der Waals surface area contributed by atoms with Crippen molar-refractivity contribution in [2.75, 3.05) is 33.2 Å². The van der Waals surface area contributed by atoms with E-state index in [-0.39, 0.29) is 5.91 Å². The predicted molar refractivity (Wildman–Crippen MR) is 98.9 cm³/mol. The minimum Gasteiger partial charge on any atom is -0.347 e. The predicted octanol–water partition coefficient (Wildman–Crippen LogP) is 2.34. The van der Waals surface area contributed by atoms with Gasteiger partial charge in [-0.25, -0.2) is 0 Å². The van der Waals surface area contributed by atoms with Gasteiger partial charge in [0.15, 0.2) is 5.96 Å². The number of piperidine rings is 1. The number of nitrogens with one attached hydrogen (secondary N) is 1. The van der Waals surface area contributed by atoms with E-state index in [0.717, 1.165) is 30.5 Å². The Kier molecular flexibility index (Phi) is 7.09. The van der Waals surface area contributed by atoms with E-state index in [4.69, 9.17) is 0 Å². The van der Waals surface area contributed by atoms with Gasteiger partial charge in [-0.05, 0) is 31.2 Å². The van der Waals surface area contributed by atoms with Crippen LogP contribution in [0.15, 0.2) is 35.3 Å². The third kappa shape index (κ3) is 5.25. The van der Waals surface area contributed by atoms with Gasteiger partial charge in [0, 0.05) is 33.2 Å². The van der Waals surface area contributed by atoms with Crippen LogP contribution in [0.25, 0.3) is 0 Å². The maximum atomic E-state index is 12.5. The molecule has 132 valence electrons. The van der Waals surface area contributed by atoms with Gasteiger partial charge in [0.2, 0.25) is 5.91 Å². The first-order valence-corrected chi connectivity index (χ1v) is 8.91. The van der Waals surface area contributed by atoms with Crippen LogP contribution >= 0.6 is 0 Å². The Morgan fingerprint density at radius 1 is 1.29 bits per heavy atom. The Balaban J connectivity index is 1.85. The summed E-state index contributed by atoms with van der Waals surface area (Å²) in [6.07, 6.45) is 2.37. The summed E-state index contributed by atoms with van der Waals surface area (Å²) in [7, 11) is 1.78. The Morgan fingerprint density at radius 2 is 1.96 bits per heavy atom. The normalized spacial score (nSPS) is 16.1. The molecular weight excluding hydrogens is 300 g/mol. The van der Waals surface area contributed by atoms with E-state index >= 15 is 0 Å². The van der Waals surface area contributed by atoms with Crippen molar-refractivity contribution in [2.24, 2.45) is 10.9 Å². The Morgan fingerprint density at radius 3 is 2.54 bits per heavy atom. The fourth-order valence-corrected chi connectivity index (χ4v) is 3.00. The molecule has 2 rings (SSSR count). The quantitative estimate of drug-likeness (QED) is 0.666. The van der Waals surface area contributed by atoms with Crippen LogP contribution in [0.2, 0.25) is 0 Å². The lowest BCUT2D eigenvalue weighted by Gasteiger charge is -2.33. The highest BCUT2D eigenvalue weighted by Crippen LogP contribution is 2.15. The zero-order valence-corrected chi connectivity index (χ0v) is 15.2. The van der Waals surface area contributed by atoms with Gasteiger partial charge in [0.25, 0.3) is 0 Å². The van der Waals surface area contributed by atoms with Crippen LogP contribution in [0.5, 0.6) is 0 Å². The molecule has 0 atom stereocenters. The first-order valence-electron chi connectivity index (χ1n) is 8.91. The van der Waals surface area contributed by atoms with Crippen molar-refractivity contribution in [1.82, 2.24) is 15.1 Å². The van der Waals surface area contributed by atoms with Gasteiger partial charge in [-0.15, -0.1) is 0 Å².